The fourth-order valence-corrected chi connectivity index (χ4v) is 4.02. The second kappa shape index (κ2) is 9.48. The summed E-state index contributed by atoms with van der Waals surface area (Å²) in [5.74, 6) is 0.560. The van der Waals surface area contributed by atoms with E-state index in [0.29, 0.717) is 23.4 Å². The first-order chi connectivity index (χ1) is 13.1. The summed E-state index contributed by atoms with van der Waals surface area (Å²) in [7, 11) is 0. The van der Waals surface area contributed by atoms with Gasteiger partial charge in [-0.25, -0.2) is 0 Å². The third kappa shape index (κ3) is 5.77. The number of carbonyl (C=O) groups excluding carboxylic acids is 2. The number of nitrogens with zero attached hydrogens (tertiary/aromatic N) is 3. The summed E-state index contributed by atoms with van der Waals surface area (Å²) in [4.78, 5) is 24.7. The second-order valence-corrected chi connectivity index (χ2v) is 8.01. The molecule has 0 aliphatic heterocycles. The van der Waals surface area contributed by atoms with Gasteiger partial charge in [0.15, 0.2) is 10.9 Å². The molecule has 1 aromatic carbocycles. The Balaban J connectivity index is 1.43. The number of anilines is 1. The summed E-state index contributed by atoms with van der Waals surface area (Å²) in [5, 5.41) is 13.9. The normalized spacial score (nSPS) is 10.7. The van der Waals surface area contributed by atoms with Crippen molar-refractivity contribution in [1.82, 2.24) is 14.8 Å². The molecule has 0 aliphatic rings. The number of aromatic nitrogens is 3. The van der Waals surface area contributed by atoms with Crippen LogP contribution in [0.1, 0.15) is 28.6 Å². The number of carbonyl (C=O) groups is 2. The third-order valence-corrected chi connectivity index (χ3v) is 5.81. The molecule has 1 N–H and O–H groups in total. The maximum atomic E-state index is 12.1. The van der Waals surface area contributed by atoms with Crippen molar-refractivity contribution in [3.63, 3.8) is 0 Å². The summed E-state index contributed by atoms with van der Waals surface area (Å²) in [6.45, 7) is 2.34. The van der Waals surface area contributed by atoms with E-state index in [4.69, 9.17) is 0 Å². The van der Waals surface area contributed by atoms with Gasteiger partial charge in [0.25, 0.3) is 0 Å². The van der Waals surface area contributed by atoms with Gasteiger partial charge in [0.05, 0.1) is 0 Å². The van der Waals surface area contributed by atoms with Crippen LogP contribution in [0.15, 0.2) is 53.3 Å². The summed E-state index contributed by atoms with van der Waals surface area (Å²) in [5.41, 5.74) is 1.32. The largest absolute Gasteiger partial charge is 0.326 e. The van der Waals surface area contributed by atoms with Gasteiger partial charge in [-0.15, -0.1) is 21.5 Å². The molecular formula is C19H20N4O2S2. The van der Waals surface area contributed by atoms with Crippen LogP contribution in [-0.4, -0.2) is 32.2 Å². The molecule has 27 heavy (non-hydrogen) atoms. The van der Waals surface area contributed by atoms with Crippen LogP contribution in [0.5, 0.6) is 0 Å². The molecule has 3 aromatic rings. The molecule has 0 saturated carbocycles. The van der Waals surface area contributed by atoms with Crippen LogP contribution < -0.4 is 5.32 Å². The van der Waals surface area contributed by atoms with Crippen molar-refractivity contribution in [2.75, 3.05) is 11.1 Å². The Labute approximate surface area is 166 Å². The number of thioether (sulfide) groups is 1. The average Bonchev–Trinajstić information content (AvgIpc) is 3.32. The van der Waals surface area contributed by atoms with Gasteiger partial charge in [-0.2, -0.15) is 0 Å². The molecule has 3 rings (SSSR count). The highest BCUT2D eigenvalue weighted by Gasteiger charge is 2.08. The van der Waals surface area contributed by atoms with Crippen molar-refractivity contribution >= 4 is 40.5 Å². The minimum absolute atomic E-state index is 0.00691. The standard InChI is InChI=1S/C19H20N4O2S2/c1-14(24)15-4-6-16(7-5-15)21-18(25)9-12-27-19-22-20-13-23(19)10-8-17-3-2-11-26-17/h2-7,11,13H,8-10,12H2,1H3,(H,21,25). The maximum absolute atomic E-state index is 12.1. The highest BCUT2D eigenvalue weighted by molar-refractivity contribution is 7.99. The van der Waals surface area contributed by atoms with E-state index < -0.39 is 0 Å². The third-order valence-electron chi connectivity index (χ3n) is 3.89. The minimum Gasteiger partial charge on any atom is -0.326 e. The number of amides is 1. The first-order valence-electron chi connectivity index (χ1n) is 8.55. The van der Waals surface area contributed by atoms with Crippen LogP contribution in [0.25, 0.3) is 0 Å². The highest BCUT2D eigenvalue weighted by atomic mass is 32.2. The van der Waals surface area contributed by atoms with Gasteiger partial charge in [-0.3, -0.25) is 9.59 Å². The molecule has 2 aromatic heterocycles. The molecule has 0 unspecified atom stereocenters. The van der Waals surface area contributed by atoms with Crippen molar-refractivity contribution in [2.24, 2.45) is 0 Å². The zero-order chi connectivity index (χ0) is 19.1. The number of thiophene rings is 1. The van der Waals surface area contributed by atoms with Crippen molar-refractivity contribution in [2.45, 2.75) is 31.5 Å². The molecule has 0 bridgehead atoms. The number of rotatable bonds is 9. The summed E-state index contributed by atoms with van der Waals surface area (Å²) in [6, 6.07) is 11.1. The van der Waals surface area contributed by atoms with Crippen LogP contribution >= 0.6 is 23.1 Å². The van der Waals surface area contributed by atoms with Gasteiger partial charge in [-0.1, -0.05) is 17.8 Å². The Bertz CT molecular complexity index is 889. The van der Waals surface area contributed by atoms with E-state index >= 15 is 0 Å². The van der Waals surface area contributed by atoms with Crippen molar-refractivity contribution in [3.8, 4) is 0 Å². The predicted molar refractivity (Wildman–Crippen MR) is 108 cm³/mol. The predicted octanol–water partition coefficient (Wildman–Crippen LogP) is 3.91. The number of nitrogens with one attached hydrogen (secondary N) is 1. The fraction of sp³-hybridized carbons (Fsp3) is 0.263. The number of aryl methyl sites for hydroxylation is 2. The lowest BCUT2D eigenvalue weighted by atomic mass is 10.1. The van der Waals surface area contributed by atoms with E-state index in [0.717, 1.165) is 18.1 Å². The maximum Gasteiger partial charge on any atom is 0.225 e. The van der Waals surface area contributed by atoms with Gasteiger partial charge in [0.2, 0.25) is 5.91 Å². The number of benzene rings is 1. The highest BCUT2D eigenvalue weighted by Crippen LogP contribution is 2.18. The zero-order valence-corrected chi connectivity index (χ0v) is 16.6. The Morgan fingerprint density at radius 2 is 2.04 bits per heavy atom. The van der Waals surface area contributed by atoms with E-state index in [9.17, 15) is 9.59 Å². The molecular weight excluding hydrogens is 380 g/mol. The summed E-state index contributed by atoms with van der Waals surface area (Å²) in [6.07, 6.45) is 3.05. The van der Waals surface area contributed by atoms with Crippen molar-refractivity contribution in [3.05, 3.63) is 58.5 Å². The summed E-state index contributed by atoms with van der Waals surface area (Å²) >= 11 is 3.27. The number of ketones is 1. The monoisotopic (exact) mass is 400 g/mol. The number of hydrogen-bond donors (Lipinski definition) is 1. The van der Waals surface area contributed by atoms with E-state index in [-0.39, 0.29) is 11.7 Å². The lowest BCUT2D eigenvalue weighted by Gasteiger charge is -2.07. The smallest absolute Gasteiger partial charge is 0.225 e. The SMILES string of the molecule is CC(=O)c1ccc(NC(=O)CCSc2nncn2CCc2cccs2)cc1. The number of Topliss-reactive ketones (excluding diaryl/α,β-unsaturated/α-hetero) is 1. The van der Waals surface area contributed by atoms with Gasteiger partial charge < -0.3 is 9.88 Å². The van der Waals surface area contributed by atoms with Gasteiger partial charge in [-0.05, 0) is 49.1 Å². The Hall–Kier alpha value is -2.45. The Morgan fingerprint density at radius 1 is 1.22 bits per heavy atom. The van der Waals surface area contributed by atoms with E-state index in [2.05, 4.69) is 27.0 Å². The Morgan fingerprint density at radius 3 is 2.74 bits per heavy atom. The number of hydrogen-bond acceptors (Lipinski definition) is 6. The van der Waals surface area contributed by atoms with E-state index in [1.807, 2.05) is 10.6 Å². The van der Waals surface area contributed by atoms with E-state index in [1.165, 1.54) is 23.6 Å². The molecule has 0 spiro atoms. The topological polar surface area (TPSA) is 76.9 Å². The molecule has 0 atom stereocenters. The van der Waals surface area contributed by atoms with Gasteiger partial charge in [0, 0.05) is 34.8 Å². The minimum atomic E-state index is -0.0669. The molecule has 140 valence electrons. The van der Waals surface area contributed by atoms with E-state index in [1.54, 1.807) is 41.9 Å². The Kier molecular flexibility index (Phi) is 6.78. The average molecular weight is 401 g/mol. The van der Waals surface area contributed by atoms with Gasteiger partial charge in [0.1, 0.15) is 6.33 Å². The molecule has 0 radical (unpaired) electrons. The van der Waals surface area contributed by atoms with Crippen LogP contribution in [0.2, 0.25) is 0 Å². The van der Waals surface area contributed by atoms with Crippen LogP contribution in [0, 0.1) is 0 Å². The van der Waals surface area contributed by atoms with Crippen molar-refractivity contribution in [1.29, 1.82) is 0 Å². The molecule has 0 aliphatic carbocycles. The lowest BCUT2D eigenvalue weighted by Crippen LogP contribution is -2.12. The first kappa shape index (κ1) is 19.3. The molecule has 0 saturated heterocycles. The molecule has 8 heteroatoms. The molecule has 0 fully saturated rings. The van der Waals surface area contributed by atoms with Crippen LogP contribution in [-0.2, 0) is 17.8 Å². The van der Waals surface area contributed by atoms with Gasteiger partial charge >= 0.3 is 0 Å². The lowest BCUT2D eigenvalue weighted by molar-refractivity contribution is -0.115. The zero-order valence-electron chi connectivity index (χ0n) is 14.9. The molecule has 2 heterocycles. The first-order valence-corrected chi connectivity index (χ1v) is 10.4. The molecule has 1 amide bonds. The van der Waals surface area contributed by atoms with Crippen LogP contribution in [0.3, 0.4) is 0 Å². The fourth-order valence-electron chi connectivity index (χ4n) is 2.44. The van der Waals surface area contributed by atoms with Crippen molar-refractivity contribution < 1.29 is 9.59 Å². The summed E-state index contributed by atoms with van der Waals surface area (Å²) < 4.78 is 2.02. The van der Waals surface area contributed by atoms with Crippen LogP contribution in [0.4, 0.5) is 5.69 Å². The quantitative estimate of drug-likeness (QED) is 0.435. The second-order valence-electron chi connectivity index (χ2n) is 5.92. The molecule has 6 nitrogen and oxygen atoms in total.